The fourth-order valence-corrected chi connectivity index (χ4v) is 7.85. The summed E-state index contributed by atoms with van der Waals surface area (Å²) < 4.78 is 0.512. The van der Waals surface area contributed by atoms with E-state index in [2.05, 4.69) is 145 Å². The van der Waals surface area contributed by atoms with E-state index in [0.717, 1.165) is 6.42 Å². The molecule has 5 atom stereocenters. The summed E-state index contributed by atoms with van der Waals surface area (Å²) in [5, 5.41) is 0. The minimum Gasteiger partial charge on any atom is -0.336 e. The number of allylic oxidation sites excluding steroid dienone is 5. The molecule has 1 aliphatic carbocycles. The maximum absolute atomic E-state index is 4.69. The Hall–Kier alpha value is -2.92. The maximum atomic E-state index is 4.69. The van der Waals surface area contributed by atoms with E-state index < -0.39 is 0 Å². The van der Waals surface area contributed by atoms with Gasteiger partial charge in [-0.2, -0.15) is 0 Å². The molecule has 184 valence electrons. The molecular weight excluding hydrogens is 563 g/mol. The second-order valence-corrected chi connectivity index (χ2v) is 12.9. The highest BCUT2D eigenvalue weighted by atomic mass is 127. The topological polar surface area (TPSA) is 15.6 Å². The van der Waals surface area contributed by atoms with Crippen LogP contribution in [0.15, 0.2) is 114 Å². The molecule has 4 unspecified atom stereocenters. The molecule has 0 amide bonds. The number of aliphatic imine (C=N–C) groups is 1. The summed E-state index contributed by atoms with van der Waals surface area (Å²) in [6.45, 7) is 4.99. The van der Waals surface area contributed by atoms with E-state index in [1.54, 1.807) is 0 Å². The fourth-order valence-electron chi connectivity index (χ4n) is 7.25. The summed E-state index contributed by atoms with van der Waals surface area (Å²) in [5.74, 6) is 1.10. The van der Waals surface area contributed by atoms with Crippen molar-refractivity contribution in [3.63, 3.8) is 0 Å². The lowest BCUT2D eigenvalue weighted by Gasteiger charge is -2.45. The third-order valence-electron chi connectivity index (χ3n) is 8.95. The molecule has 0 saturated carbocycles. The fraction of sp³-hybridized carbons (Fsp3) is 0.265. The number of anilines is 2. The highest BCUT2D eigenvalue weighted by Gasteiger charge is 2.54. The van der Waals surface area contributed by atoms with Crippen LogP contribution in [0.4, 0.5) is 11.4 Å². The van der Waals surface area contributed by atoms with Gasteiger partial charge in [-0.05, 0) is 45.7 Å². The number of fused-ring (bicyclic) bond motifs is 7. The van der Waals surface area contributed by atoms with Crippen molar-refractivity contribution in [2.75, 3.05) is 4.90 Å². The van der Waals surface area contributed by atoms with E-state index in [1.807, 2.05) is 6.20 Å². The molecular formula is C34H31IN2. The van der Waals surface area contributed by atoms with Crippen molar-refractivity contribution in [1.82, 2.24) is 0 Å². The quantitative estimate of drug-likeness (QED) is 0.214. The van der Waals surface area contributed by atoms with Gasteiger partial charge in [0.1, 0.15) is 0 Å². The Morgan fingerprint density at radius 2 is 1.49 bits per heavy atom. The van der Waals surface area contributed by atoms with Crippen molar-refractivity contribution in [2.24, 2.45) is 16.3 Å². The average molecular weight is 595 g/mol. The van der Waals surface area contributed by atoms with E-state index in [9.17, 15) is 0 Å². The van der Waals surface area contributed by atoms with Crippen molar-refractivity contribution < 1.29 is 0 Å². The molecule has 4 aliphatic rings. The van der Waals surface area contributed by atoms with Crippen LogP contribution in [0, 0.1) is 11.3 Å². The summed E-state index contributed by atoms with van der Waals surface area (Å²) in [6.07, 6.45) is 14.5. The van der Waals surface area contributed by atoms with Crippen molar-refractivity contribution in [1.29, 1.82) is 0 Å². The van der Waals surface area contributed by atoms with Crippen molar-refractivity contribution in [3.8, 4) is 0 Å². The molecule has 0 aromatic heterocycles. The van der Waals surface area contributed by atoms with Crippen molar-refractivity contribution >= 4 is 39.7 Å². The van der Waals surface area contributed by atoms with Crippen LogP contribution >= 0.6 is 22.6 Å². The number of para-hydroxylation sites is 2. The highest BCUT2D eigenvalue weighted by Crippen LogP contribution is 2.61. The molecule has 2 nitrogen and oxygen atoms in total. The van der Waals surface area contributed by atoms with Crippen LogP contribution in [0.25, 0.3) is 0 Å². The third kappa shape index (κ3) is 3.61. The summed E-state index contributed by atoms with van der Waals surface area (Å²) in [6, 6.07) is 27.8. The van der Waals surface area contributed by atoms with E-state index >= 15 is 0 Å². The van der Waals surface area contributed by atoms with Gasteiger partial charge in [-0.1, -0.05) is 127 Å². The molecule has 3 aromatic carbocycles. The van der Waals surface area contributed by atoms with Gasteiger partial charge in [0, 0.05) is 45.5 Å². The predicted octanol–water partition coefficient (Wildman–Crippen LogP) is 8.71. The van der Waals surface area contributed by atoms with Crippen LogP contribution in [0.2, 0.25) is 0 Å². The van der Waals surface area contributed by atoms with Gasteiger partial charge in [0.05, 0.1) is 6.04 Å². The summed E-state index contributed by atoms with van der Waals surface area (Å²) in [4.78, 5) is 7.37. The Labute approximate surface area is 233 Å². The van der Waals surface area contributed by atoms with E-state index in [0.29, 0.717) is 21.8 Å². The normalized spacial score (nSPS) is 28.6. The number of nitrogens with zero attached hydrogens (tertiary/aromatic N) is 2. The number of hydrogen-bond donors (Lipinski definition) is 0. The van der Waals surface area contributed by atoms with Crippen LogP contribution < -0.4 is 4.90 Å². The molecule has 0 spiro atoms. The second kappa shape index (κ2) is 8.83. The van der Waals surface area contributed by atoms with Gasteiger partial charge in [-0.25, -0.2) is 0 Å². The molecule has 3 aromatic rings. The zero-order valence-corrected chi connectivity index (χ0v) is 23.4. The van der Waals surface area contributed by atoms with Crippen LogP contribution in [-0.2, 0) is 0 Å². The SMILES string of the molecule is CC1(C)C2C=CC=CC2c2ccccc2N2c3ccccc3C(c3ccc(C4=NC=C[C@H](I)C4)cc3)C21. The van der Waals surface area contributed by atoms with Gasteiger partial charge in [-0.15, -0.1) is 0 Å². The smallest absolute Gasteiger partial charge is 0.0509 e. The lowest BCUT2D eigenvalue weighted by molar-refractivity contribution is 0.188. The van der Waals surface area contributed by atoms with E-state index in [4.69, 9.17) is 4.99 Å². The Morgan fingerprint density at radius 1 is 0.811 bits per heavy atom. The van der Waals surface area contributed by atoms with Gasteiger partial charge in [-0.3, -0.25) is 4.99 Å². The first-order valence-electron chi connectivity index (χ1n) is 13.3. The first-order valence-corrected chi connectivity index (χ1v) is 14.6. The molecule has 7 rings (SSSR count). The largest absolute Gasteiger partial charge is 0.336 e. The number of rotatable bonds is 2. The predicted molar refractivity (Wildman–Crippen MR) is 163 cm³/mol. The lowest BCUT2D eigenvalue weighted by atomic mass is 9.62. The molecule has 3 heterocycles. The average Bonchev–Trinajstić information content (AvgIpc) is 3.25. The first kappa shape index (κ1) is 23.2. The van der Waals surface area contributed by atoms with Gasteiger partial charge in [0.25, 0.3) is 0 Å². The molecule has 0 fully saturated rings. The summed E-state index contributed by atoms with van der Waals surface area (Å²) in [7, 11) is 0. The number of halogens is 1. The Kier molecular flexibility index (Phi) is 5.54. The lowest BCUT2D eigenvalue weighted by Crippen LogP contribution is -2.46. The third-order valence-corrected chi connectivity index (χ3v) is 9.81. The Morgan fingerprint density at radius 3 is 2.24 bits per heavy atom. The van der Waals surface area contributed by atoms with Gasteiger partial charge in [0.15, 0.2) is 0 Å². The standard InChI is InChI=1S/C34H31IN2/c1-34(2)28-12-6-3-9-25(28)26-10-4-7-13-30(26)37-31-14-8-5-11-27(31)32(33(34)37)23-17-15-22(16-18-23)29-21-24(35)19-20-36-29/h3-20,24-25,28,32-33H,21H2,1-2H3/t24-,25?,28?,32?,33?/m0/s1. The van der Waals surface area contributed by atoms with Crippen molar-refractivity contribution in [3.05, 3.63) is 132 Å². The second-order valence-electron chi connectivity index (χ2n) is 11.3. The summed E-state index contributed by atoms with van der Waals surface area (Å²) in [5.41, 5.74) is 9.42. The molecule has 3 heteroatoms. The molecule has 37 heavy (non-hydrogen) atoms. The number of hydrogen-bond acceptors (Lipinski definition) is 2. The maximum Gasteiger partial charge on any atom is 0.0509 e. The number of benzene rings is 3. The monoisotopic (exact) mass is 594 g/mol. The van der Waals surface area contributed by atoms with Crippen LogP contribution in [-0.4, -0.2) is 15.7 Å². The van der Waals surface area contributed by atoms with Gasteiger partial charge in [0.2, 0.25) is 0 Å². The zero-order chi connectivity index (χ0) is 25.1. The van der Waals surface area contributed by atoms with Crippen LogP contribution in [0.3, 0.4) is 0 Å². The van der Waals surface area contributed by atoms with Crippen LogP contribution in [0.5, 0.6) is 0 Å². The zero-order valence-electron chi connectivity index (χ0n) is 21.3. The Bertz CT molecular complexity index is 1480. The van der Waals surface area contributed by atoms with E-state index in [-0.39, 0.29) is 11.3 Å². The number of alkyl halides is 1. The molecule has 3 aliphatic heterocycles. The first-order chi connectivity index (χ1) is 18.0. The molecule has 0 bridgehead atoms. The van der Waals surface area contributed by atoms with Crippen LogP contribution in [0.1, 0.15) is 54.4 Å². The highest BCUT2D eigenvalue weighted by molar-refractivity contribution is 14.1. The molecule has 0 saturated heterocycles. The summed E-state index contributed by atoms with van der Waals surface area (Å²) >= 11 is 2.50. The van der Waals surface area contributed by atoms with E-state index in [1.165, 1.54) is 39.3 Å². The van der Waals surface area contributed by atoms with Gasteiger partial charge < -0.3 is 4.90 Å². The molecule has 0 N–H and O–H groups in total. The van der Waals surface area contributed by atoms with Gasteiger partial charge >= 0.3 is 0 Å². The van der Waals surface area contributed by atoms with Crippen molar-refractivity contribution in [2.45, 2.75) is 42.1 Å². The minimum atomic E-state index is 0.0278. The molecule has 0 radical (unpaired) electrons. The Balaban J connectivity index is 1.40. The minimum absolute atomic E-state index is 0.0278.